The summed E-state index contributed by atoms with van der Waals surface area (Å²) in [6, 6.07) is 26.3. The van der Waals surface area contributed by atoms with Crippen LogP contribution in [0.25, 0.3) is 11.1 Å². The lowest BCUT2D eigenvalue weighted by Crippen LogP contribution is -2.55. The van der Waals surface area contributed by atoms with E-state index in [0.717, 1.165) is 35.7 Å². The molecule has 0 saturated carbocycles. The Morgan fingerprint density at radius 3 is 2.31 bits per heavy atom. The molecule has 4 rings (SSSR count). The predicted octanol–water partition coefficient (Wildman–Crippen LogP) is 4.60. The molecular formula is C25H26N2O2. The van der Waals surface area contributed by atoms with Crippen LogP contribution in [0.3, 0.4) is 0 Å². The van der Waals surface area contributed by atoms with E-state index in [1.54, 1.807) is 7.11 Å². The molecule has 148 valence electrons. The number of piperazine rings is 1. The summed E-state index contributed by atoms with van der Waals surface area (Å²) in [5.74, 6) is 0.994. The molecule has 3 aromatic carbocycles. The fraction of sp³-hybridized carbons (Fsp3) is 0.240. The maximum atomic E-state index is 13.3. The standard InChI is InChI=1S/C25H26N2O2/c1-19-25(28)27(17-16-26(19)18-20-12-14-22(29-2)15-13-20)24-11-7-6-10-23(24)21-8-4-3-5-9-21/h3-15,19H,16-18H2,1-2H3. The first kappa shape index (κ1) is 19.2. The summed E-state index contributed by atoms with van der Waals surface area (Å²) < 4.78 is 5.23. The lowest BCUT2D eigenvalue weighted by molar-refractivity contribution is -0.125. The molecule has 4 nitrogen and oxygen atoms in total. The van der Waals surface area contributed by atoms with Crippen molar-refractivity contribution >= 4 is 11.6 Å². The lowest BCUT2D eigenvalue weighted by Gasteiger charge is -2.39. The van der Waals surface area contributed by atoms with Crippen molar-refractivity contribution in [1.82, 2.24) is 4.90 Å². The van der Waals surface area contributed by atoms with E-state index in [4.69, 9.17) is 4.74 Å². The Kier molecular flexibility index (Phi) is 5.63. The summed E-state index contributed by atoms with van der Waals surface area (Å²) in [6.07, 6.45) is 0. The van der Waals surface area contributed by atoms with Crippen molar-refractivity contribution in [2.75, 3.05) is 25.1 Å². The van der Waals surface area contributed by atoms with Crippen molar-refractivity contribution < 1.29 is 9.53 Å². The van der Waals surface area contributed by atoms with Crippen molar-refractivity contribution in [2.24, 2.45) is 0 Å². The van der Waals surface area contributed by atoms with Crippen LogP contribution in [0.4, 0.5) is 5.69 Å². The Bertz CT molecular complexity index is 970. The molecule has 1 saturated heterocycles. The van der Waals surface area contributed by atoms with Gasteiger partial charge in [-0.15, -0.1) is 0 Å². The lowest BCUT2D eigenvalue weighted by atomic mass is 10.0. The van der Waals surface area contributed by atoms with E-state index < -0.39 is 0 Å². The number of amides is 1. The number of nitrogens with zero attached hydrogens (tertiary/aromatic N) is 2. The van der Waals surface area contributed by atoms with Crippen LogP contribution in [-0.4, -0.2) is 37.0 Å². The maximum Gasteiger partial charge on any atom is 0.244 e. The monoisotopic (exact) mass is 386 g/mol. The molecule has 0 aliphatic carbocycles. The Hall–Kier alpha value is -3.11. The summed E-state index contributed by atoms with van der Waals surface area (Å²) in [4.78, 5) is 17.5. The van der Waals surface area contributed by atoms with Gasteiger partial charge in [0.15, 0.2) is 0 Å². The number of rotatable bonds is 5. The minimum absolute atomic E-state index is 0.146. The fourth-order valence-electron chi connectivity index (χ4n) is 3.91. The summed E-state index contributed by atoms with van der Waals surface area (Å²) in [5.41, 5.74) is 4.39. The van der Waals surface area contributed by atoms with E-state index in [0.29, 0.717) is 6.54 Å². The van der Waals surface area contributed by atoms with Gasteiger partial charge in [0, 0.05) is 25.2 Å². The summed E-state index contributed by atoms with van der Waals surface area (Å²) in [6.45, 7) is 4.28. The molecule has 0 aromatic heterocycles. The van der Waals surface area contributed by atoms with Gasteiger partial charge in [-0.2, -0.15) is 0 Å². The first-order chi connectivity index (χ1) is 14.2. The molecular weight excluding hydrogens is 360 g/mol. The Morgan fingerprint density at radius 1 is 0.897 bits per heavy atom. The third-order valence-electron chi connectivity index (χ3n) is 5.61. The molecule has 1 aliphatic heterocycles. The Labute approximate surface area is 172 Å². The van der Waals surface area contributed by atoms with Crippen LogP contribution in [-0.2, 0) is 11.3 Å². The van der Waals surface area contributed by atoms with E-state index in [9.17, 15) is 4.79 Å². The zero-order valence-electron chi connectivity index (χ0n) is 16.9. The smallest absolute Gasteiger partial charge is 0.244 e. The molecule has 0 spiro atoms. The van der Waals surface area contributed by atoms with E-state index in [1.807, 2.05) is 60.4 Å². The first-order valence-corrected chi connectivity index (χ1v) is 10.00. The van der Waals surface area contributed by atoms with Crippen LogP contribution in [0.1, 0.15) is 12.5 Å². The molecule has 0 radical (unpaired) electrons. The molecule has 0 bridgehead atoms. The van der Waals surface area contributed by atoms with Crippen molar-refractivity contribution in [3.05, 3.63) is 84.4 Å². The molecule has 0 N–H and O–H groups in total. The van der Waals surface area contributed by atoms with Crippen molar-refractivity contribution in [3.63, 3.8) is 0 Å². The van der Waals surface area contributed by atoms with Gasteiger partial charge in [-0.05, 0) is 36.2 Å². The highest BCUT2D eigenvalue weighted by Crippen LogP contribution is 2.32. The molecule has 3 aromatic rings. The first-order valence-electron chi connectivity index (χ1n) is 10.00. The number of para-hydroxylation sites is 1. The molecule has 1 unspecified atom stereocenters. The zero-order valence-corrected chi connectivity index (χ0v) is 16.9. The average molecular weight is 386 g/mol. The number of methoxy groups -OCH3 is 1. The number of carbonyl (C=O) groups is 1. The maximum absolute atomic E-state index is 13.3. The highest BCUT2D eigenvalue weighted by atomic mass is 16.5. The summed E-state index contributed by atoms with van der Waals surface area (Å²) in [5, 5.41) is 0. The van der Waals surface area contributed by atoms with E-state index >= 15 is 0 Å². The minimum atomic E-state index is -0.172. The highest BCUT2D eigenvalue weighted by molar-refractivity contribution is 6.01. The Balaban J connectivity index is 1.54. The van der Waals surface area contributed by atoms with Crippen molar-refractivity contribution in [2.45, 2.75) is 19.5 Å². The molecule has 1 fully saturated rings. The molecule has 1 atom stereocenters. The SMILES string of the molecule is COc1ccc(CN2CCN(c3ccccc3-c3ccccc3)C(=O)C2C)cc1. The van der Waals surface area contributed by atoms with E-state index in [2.05, 4.69) is 35.2 Å². The van der Waals surface area contributed by atoms with Crippen LogP contribution < -0.4 is 9.64 Å². The van der Waals surface area contributed by atoms with Gasteiger partial charge in [-0.25, -0.2) is 0 Å². The van der Waals surface area contributed by atoms with Crippen LogP contribution in [0.15, 0.2) is 78.9 Å². The highest BCUT2D eigenvalue weighted by Gasteiger charge is 2.33. The van der Waals surface area contributed by atoms with E-state index in [-0.39, 0.29) is 11.9 Å². The number of hydrogen-bond acceptors (Lipinski definition) is 3. The van der Waals surface area contributed by atoms with Crippen molar-refractivity contribution in [3.8, 4) is 16.9 Å². The summed E-state index contributed by atoms with van der Waals surface area (Å²) >= 11 is 0. The van der Waals surface area contributed by atoms with Gasteiger partial charge in [0.05, 0.1) is 18.8 Å². The summed E-state index contributed by atoms with van der Waals surface area (Å²) in [7, 11) is 1.67. The Morgan fingerprint density at radius 2 is 1.59 bits per heavy atom. The van der Waals surface area contributed by atoms with Crippen LogP contribution >= 0.6 is 0 Å². The van der Waals surface area contributed by atoms with Crippen LogP contribution in [0.5, 0.6) is 5.75 Å². The fourth-order valence-corrected chi connectivity index (χ4v) is 3.91. The largest absolute Gasteiger partial charge is 0.497 e. The topological polar surface area (TPSA) is 32.8 Å². The van der Waals surface area contributed by atoms with Gasteiger partial charge in [0.2, 0.25) is 5.91 Å². The quantitative estimate of drug-likeness (QED) is 0.642. The van der Waals surface area contributed by atoms with Gasteiger partial charge in [-0.3, -0.25) is 9.69 Å². The number of hydrogen-bond donors (Lipinski definition) is 0. The third kappa shape index (κ3) is 4.03. The number of benzene rings is 3. The average Bonchev–Trinajstić information content (AvgIpc) is 2.78. The molecule has 29 heavy (non-hydrogen) atoms. The molecule has 1 amide bonds. The van der Waals surface area contributed by atoms with Crippen LogP contribution in [0, 0.1) is 0 Å². The second-order valence-electron chi connectivity index (χ2n) is 7.37. The zero-order chi connectivity index (χ0) is 20.2. The second kappa shape index (κ2) is 8.50. The number of carbonyl (C=O) groups excluding carboxylic acids is 1. The number of anilines is 1. The van der Waals surface area contributed by atoms with Gasteiger partial charge in [0.25, 0.3) is 0 Å². The molecule has 1 aliphatic rings. The third-order valence-corrected chi connectivity index (χ3v) is 5.61. The normalized spacial score (nSPS) is 17.4. The van der Waals surface area contributed by atoms with Gasteiger partial charge >= 0.3 is 0 Å². The molecule has 1 heterocycles. The van der Waals surface area contributed by atoms with Gasteiger partial charge < -0.3 is 9.64 Å². The van der Waals surface area contributed by atoms with Gasteiger partial charge in [-0.1, -0.05) is 60.7 Å². The van der Waals surface area contributed by atoms with Crippen LogP contribution in [0.2, 0.25) is 0 Å². The number of ether oxygens (including phenoxy) is 1. The molecule has 4 heteroatoms. The predicted molar refractivity (Wildman–Crippen MR) is 117 cm³/mol. The second-order valence-corrected chi connectivity index (χ2v) is 7.37. The van der Waals surface area contributed by atoms with E-state index in [1.165, 1.54) is 5.56 Å². The minimum Gasteiger partial charge on any atom is -0.497 e. The van der Waals surface area contributed by atoms with Crippen molar-refractivity contribution in [1.29, 1.82) is 0 Å². The van der Waals surface area contributed by atoms with Gasteiger partial charge in [0.1, 0.15) is 5.75 Å².